The monoisotopic (exact) mass is 542 g/mol. The number of likely N-dealkylation sites (tertiary alicyclic amines) is 1. The van der Waals surface area contributed by atoms with E-state index in [2.05, 4.69) is 0 Å². The third kappa shape index (κ3) is 6.46. The summed E-state index contributed by atoms with van der Waals surface area (Å²) in [5.74, 6) is -0.406. The minimum absolute atomic E-state index is 0.0173. The molecule has 1 aliphatic heterocycles. The molecule has 1 saturated heterocycles. The first-order chi connectivity index (χ1) is 18.7. The molecule has 1 unspecified atom stereocenters. The number of methoxy groups -OCH3 is 2. The first-order valence-corrected chi connectivity index (χ1v) is 14.1. The molecule has 0 spiro atoms. The van der Waals surface area contributed by atoms with Crippen LogP contribution in [-0.4, -0.2) is 67.1 Å². The SMILES string of the molecule is COCCCC[C@@](O)(c1cccc(F)c1-c1cc(C)cc(OC)c1)C1CCCN(C(=O)[C@H]2C[C@@H](N)[C@@H](O)C2)C1. The Balaban J connectivity index is 1.71. The zero-order valence-electron chi connectivity index (χ0n) is 23.4. The van der Waals surface area contributed by atoms with Gasteiger partial charge in [-0.05, 0) is 86.8 Å². The number of ether oxygens (including phenoxy) is 2. The Morgan fingerprint density at radius 3 is 2.69 bits per heavy atom. The second-order valence-electron chi connectivity index (χ2n) is 11.3. The lowest BCUT2D eigenvalue weighted by atomic mass is 9.71. The third-order valence-electron chi connectivity index (χ3n) is 8.55. The van der Waals surface area contributed by atoms with Crippen LogP contribution in [0.4, 0.5) is 4.39 Å². The Morgan fingerprint density at radius 2 is 2.00 bits per heavy atom. The Morgan fingerprint density at radius 1 is 1.21 bits per heavy atom. The molecule has 214 valence electrons. The van der Waals surface area contributed by atoms with Gasteiger partial charge >= 0.3 is 0 Å². The van der Waals surface area contributed by atoms with Gasteiger partial charge < -0.3 is 30.3 Å². The van der Waals surface area contributed by atoms with E-state index in [0.29, 0.717) is 74.2 Å². The number of aryl methyl sites for hydroxylation is 1. The fourth-order valence-corrected chi connectivity index (χ4v) is 6.46. The van der Waals surface area contributed by atoms with E-state index in [1.54, 1.807) is 26.4 Å². The number of unbranched alkanes of at least 4 members (excludes halogenated alkanes) is 1. The van der Waals surface area contributed by atoms with Crippen molar-refractivity contribution in [3.8, 4) is 16.9 Å². The molecule has 0 aromatic heterocycles. The molecule has 0 radical (unpaired) electrons. The molecule has 5 atom stereocenters. The molecule has 2 fully saturated rings. The number of halogens is 1. The van der Waals surface area contributed by atoms with Gasteiger partial charge in [-0.1, -0.05) is 18.2 Å². The van der Waals surface area contributed by atoms with E-state index in [1.807, 2.05) is 30.0 Å². The molecule has 39 heavy (non-hydrogen) atoms. The second kappa shape index (κ2) is 12.8. The molecule has 2 aromatic carbocycles. The Kier molecular flexibility index (Phi) is 9.64. The molecule has 1 heterocycles. The van der Waals surface area contributed by atoms with E-state index < -0.39 is 23.6 Å². The maximum Gasteiger partial charge on any atom is 0.225 e. The minimum Gasteiger partial charge on any atom is -0.497 e. The van der Waals surface area contributed by atoms with E-state index in [1.165, 1.54) is 6.07 Å². The van der Waals surface area contributed by atoms with Gasteiger partial charge in [-0.2, -0.15) is 0 Å². The van der Waals surface area contributed by atoms with Crippen molar-refractivity contribution >= 4 is 5.91 Å². The minimum atomic E-state index is -1.37. The Labute approximate surface area is 231 Å². The van der Waals surface area contributed by atoms with E-state index in [0.717, 1.165) is 18.4 Å². The number of hydrogen-bond donors (Lipinski definition) is 3. The lowest BCUT2D eigenvalue weighted by molar-refractivity contribution is -0.141. The number of aliphatic hydroxyl groups excluding tert-OH is 1. The van der Waals surface area contributed by atoms with Crippen LogP contribution in [0.15, 0.2) is 36.4 Å². The zero-order chi connectivity index (χ0) is 28.2. The first kappa shape index (κ1) is 29.5. The van der Waals surface area contributed by atoms with Crippen LogP contribution in [0.25, 0.3) is 11.1 Å². The highest BCUT2D eigenvalue weighted by Crippen LogP contribution is 2.45. The molecule has 0 bridgehead atoms. The number of hydrogen-bond acceptors (Lipinski definition) is 6. The number of nitrogens with two attached hydrogens (primary N) is 1. The average Bonchev–Trinajstić information content (AvgIpc) is 3.27. The van der Waals surface area contributed by atoms with Gasteiger partial charge in [-0.3, -0.25) is 4.79 Å². The van der Waals surface area contributed by atoms with E-state index in [4.69, 9.17) is 15.2 Å². The topological polar surface area (TPSA) is 105 Å². The van der Waals surface area contributed by atoms with Crippen molar-refractivity contribution in [1.82, 2.24) is 4.90 Å². The number of benzene rings is 2. The summed E-state index contributed by atoms with van der Waals surface area (Å²) in [7, 11) is 3.23. The van der Waals surface area contributed by atoms with Crippen LogP contribution in [0.3, 0.4) is 0 Å². The molecular weight excluding hydrogens is 499 g/mol. The lowest BCUT2D eigenvalue weighted by Gasteiger charge is -2.44. The molecule has 7 nitrogen and oxygen atoms in total. The fraction of sp³-hybridized carbons (Fsp3) is 0.581. The van der Waals surface area contributed by atoms with Gasteiger partial charge in [0.25, 0.3) is 0 Å². The number of carbonyl (C=O) groups is 1. The van der Waals surface area contributed by atoms with Crippen LogP contribution in [0, 0.1) is 24.6 Å². The van der Waals surface area contributed by atoms with E-state index >= 15 is 4.39 Å². The molecule has 4 rings (SSSR count). The molecule has 1 saturated carbocycles. The zero-order valence-corrected chi connectivity index (χ0v) is 23.4. The number of nitrogens with zero attached hydrogens (tertiary/aromatic N) is 1. The molecule has 1 amide bonds. The van der Waals surface area contributed by atoms with Crippen molar-refractivity contribution in [1.29, 1.82) is 0 Å². The summed E-state index contributed by atoms with van der Waals surface area (Å²) in [6.07, 6.45) is 3.47. The number of rotatable bonds is 10. The molecule has 2 aromatic rings. The largest absolute Gasteiger partial charge is 0.497 e. The van der Waals surface area contributed by atoms with Crippen LogP contribution < -0.4 is 10.5 Å². The van der Waals surface area contributed by atoms with Gasteiger partial charge in [0.2, 0.25) is 5.91 Å². The van der Waals surface area contributed by atoms with Crippen molar-refractivity contribution < 1.29 is 28.9 Å². The maximum atomic E-state index is 15.7. The predicted octanol–water partition coefficient (Wildman–Crippen LogP) is 4.15. The summed E-state index contributed by atoms with van der Waals surface area (Å²) >= 11 is 0. The van der Waals surface area contributed by atoms with Gasteiger partial charge in [0.15, 0.2) is 0 Å². The normalized spacial score (nSPS) is 24.9. The smallest absolute Gasteiger partial charge is 0.225 e. The highest BCUT2D eigenvalue weighted by atomic mass is 19.1. The number of piperidine rings is 1. The molecule has 2 aliphatic rings. The average molecular weight is 543 g/mol. The molecule has 1 aliphatic carbocycles. The highest BCUT2D eigenvalue weighted by Gasteiger charge is 2.45. The van der Waals surface area contributed by atoms with E-state index in [-0.39, 0.29) is 17.7 Å². The van der Waals surface area contributed by atoms with Gasteiger partial charge in [-0.25, -0.2) is 4.39 Å². The standard InChI is InChI=1S/C31H43FN2O5/c1-20-14-21(16-24(15-20)39-3)29-25(9-6-10-26(29)32)31(37,11-4-5-13-38-2)23-8-7-12-34(19-23)30(36)22-17-27(33)28(35)18-22/h6,9-10,14-16,22-23,27-28,35,37H,4-5,7-8,11-13,17-19,33H2,1-3H3/t22-,23?,27+,28-,31-/m0/s1. The van der Waals surface area contributed by atoms with Gasteiger partial charge in [0, 0.05) is 50.2 Å². The van der Waals surface area contributed by atoms with Crippen molar-refractivity contribution in [2.45, 2.75) is 69.6 Å². The number of carbonyl (C=O) groups excluding carboxylic acids is 1. The van der Waals surface area contributed by atoms with Crippen molar-refractivity contribution in [3.05, 3.63) is 53.3 Å². The van der Waals surface area contributed by atoms with Crippen molar-refractivity contribution in [2.75, 3.05) is 33.9 Å². The summed E-state index contributed by atoms with van der Waals surface area (Å²) in [4.78, 5) is 15.3. The van der Waals surface area contributed by atoms with Crippen LogP contribution in [0.2, 0.25) is 0 Å². The molecule has 4 N–H and O–H groups in total. The molecule has 8 heteroatoms. The first-order valence-electron chi connectivity index (χ1n) is 14.1. The summed E-state index contributed by atoms with van der Waals surface area (Å²) in [5, 5.41) is 22.7. The van der Waals surface area contributed by atoms with Crippen molar-refractivity contribution in [3.63, 3.8) is 0 Å². The van der Waals surface area contributed by atoms with Crippen LogP contribution >= 0.6 is 0 Å². The second-order valence-corrected chi connectivity index (χ2v) is 11.3. The fourth-order valence-electron chi connectivity index (χ4n) is 6.46. The van der Waals surface area contributed by atoms with Crippen LogP contribution in [-0.2, 0) is 15.1 Å². The summed E-state index contributed by atoms with van der Waals surface area (Å²) in [6, 6.07) is 10.1. The predicted molar refractivity (Wildman–Crippen MR) is 149 cm³/mol. The van der Waals surface area contributed by atoms with Gasteiger partial charge in [-0.15, -0.1) is 0 Å². The third-order valence-corrected chi connectivity index (χ3v) is 8.55. The van der Waals surface area contributed by atoms with Crippen molar-refractivity contribution in [2.24, 2.45) is 17.6 Å². The van der Waals surface area contributed by atoms with E-state index in [9.17, 15) is 15.0 Å². The summed E-state index contributed by atoms with van der Waals surface area (Å²) < 4.78 is 26.4. The summed E-state index contributed by atoms with van der Waals surface area (Å²) in [5.41, 5.74) is 7.09. The van der Waals surface area contributed by atoms with Crippen LogP contribution in [0.1, 0.15) is 56.1 Å². The lowest BCUT2D eigenvalue weighted by Crippen LogP contribution is -2.49. The Bertz CT molecular complexity index is 1130. The van der Waals surface area contributed by atoms with Crippen LogP contribution in [0.5, 0.6) is 5.75 Å². The summed E-state index contributed by atoms with van der Waals surface area (Å²) in [6.45, 7) is 3.47. The highest BCUT2D eigenvalue weighted by molar-refractivity contribution is 5.79. The molecular formula is C31H43FN2O5. The van der Waals surface area contributed by atoms with Gasteiger partial charge in [0.05, 0.1) is 18.8 Å². The maximum absolute atomic E-state index is 15.7. The Hall–Kier alpha value is -2.52. The number of aliphatic hydroxyl groups is 2. The number of amides is 1. The van der Waals surface area contributed by atoms with Gasteiger partial charge in [0.1, 0.15) is 11.6 Å². The quantitative estimate of drug-likeness (QED) is 0.390.